The lowest BCUT2D eigenvalue weighted by Crippen LogP contribution is -2.31. The van der Waals surface area contributed by atoms with Gasteiger partial charge in [-0.15, -0.1) is 0 Å². The highest BCUT2D eigenvalue weighted by atomic mass is 79.9. The second-order valence-corrected chi connectivity index (χ2v) is 7.38. The molecule has 0 radical (unpaired) electrons. The van der Waals surface area contributed by atoms with E-state index < -0.39 is 18.5 Å². The van der Waals surface area contributed by atoms with Crippen LogP contribution in [0.3, 0.4) is 0 Å². The second kappa shape index (κ2) is 7.42. The summed E-state index contributed by atoms with van der Waals surface area (Å²) >= 11 is 3.43. The molecule has 140 valence electrons. The van der Waals surface area contributed by atoms with Gasteiger partial charge in [-0.3, -0.25) is 4.79 Å². The number of rotatable bonds is 4. The summed E-state index contributed by atoms with van der Waals surface area (Å²) in [6.45, 7) is -0.374. The number of aromatic nitrogens is 2. The van der Waals surface area contributed by atoms with Crippen LogP contribution in [0.5, 0.6) is 0 Å². The minimum Gasteiger partial charge on any atom is -0.340 e. The summed E-state index contributed by atoms with van der Waals surface area (Å²) in [5.74, 6) is -0.457. The molecular formula is C18H19BrF3N3O. The van der Waals surface area contributed by atoms with E-state index >= 15 is 0 Å². The number of halogens is 4. The van der Waals surface area contributed by atoms with Gasteiger partial charge in [0.15, 0.2) is 5.69 Å². The Kier molecular flexibility index (Phi) is 5.41. The van der Waals surface area contributed by atoms with E-state index in [1.54, 1.807) is 4.68 Å². The Morgan fingerprint density at radius 2 is 2.04 bits per heavy atom. The normalized spacial score (nSPS) is 14.2. The second-order valence-electron chi connectivity index (χ2n) is 6.46. The summed E-state index contributed by atoms with van der Waals surface area (Å²) < 4.78 is 40.0. The van der Waals surface area contributed by atoms with Crippen molar-refractivity contribution in [2.24, 2.45) is 0 Å². The summed E-state index contributed by atoms with van der Waals surface area (Å²) in [5, 5.41) is 4.49. The van der Waals surface area contributed by atoms with E-state index in [-0.39, 0.29) is 12.2 Å². The highest BCUT2D eigenvalue weighted by molar-refractivity contribution is 9.10. The fraction of sp³-hybridized carbons (Fsp3) is 0.444. The lowest BCUT2D eigenvalue weighted by atomic mass is 9.95. The molecule has 26 heavy (non-hydrogen) atoms. The summed E-state index contributed by atoms with van der Waals surface area (Å²) in [6.07, 6.45) is -1.84. The highest BCUT2D eigenvalue weighted by Gasteiger charge is 2.31. The predicted octanol–water partition coefficient (Wildman–Crippen LogP) is 4.54. The lowest BCUT2D eigenvalue weighted by molar-refractivity contribution is -0.136. The van der Waals surface area contributed by atoms with Crippen LogP contribution in [-0.2, 0) is 12.8 Å². The summed E-state index contributed by atoms with van der Waals surface area (Å²) in [6, 6.07) is 7.58. The summed E-state index contributed by atoms with van der Waals surface area (Å²) in [4.78, 5) is 13.8. The van der Waals surface area contributed by atoms with E-state index in [1.165, 1.54) is 7.05 Å². The molecule has 1 amide bonds. The first-order chi connectivity index (χ1) is 12.3. The fourth-order valence-corrected chi connectivity index (χ4v) is 3.56. The number of benzene rings is 1. The highest BCUT2D eigenvalue weighted by Crippen LogP contribution is 2.29. The van der Waals surface area contributed by atoms with E-state index in [4.69, 9.17) is 0 Å². The molecule has 1 aromatic heterocycles. The van der Waals surface area contributed by atoms with Crippen LogP contribution in [0.15, 0.2) is 28.7 Å². The van der Waals surface area contributed by atoms with Crippen molar-refractivity contribution in [2.75, 3.05) is 13.6 Å². The Labute approximate surface area is 158 Å². The van der Waals surface area contributed by atoms with E-state index in [1.807, 2.05) is 24.3 Å². The van der Waals surface area contributed by atoms with Gasteiger partial charge in [-0.2, -0.15) is 18.3 Å². The van der Waals surface area contributed by atoms with Crippen LogP contribution in [0.2, 0.25) is 0 Å². The Hall–Kier alpha value is -1.83. The molecule has 0 saturated heterocycles. The number of hydrogen-bond acceptors (Lipinski definition) is 2. The standard InChI is InChI=1S/C18H19BrF3N3O/c1-24(10-9-18(20,21)22)17(26)16-14-7-2-3-8-15(14)25(23-16)13-6-4-5-12(19)11-13/h4-6,11H,2-3,7-10H2,1H3. The van der Waals surface area contributed by atoms with Gasteiger partial charge in [0.2, 0.25) is 0 Å². The molecule has 1 aliphatic rings. The van der Waals surface area contributed by atoms with Crippen LogP contribution in [0.4, 0.5) is 13.2 Å². The Balaban J connectivity index is 1.94. The SMILES string of the molecule is CN(CCC(F)(F)F)C(=O)c1nn(-c2cccc(Br)c2)c2c1CCCC2. The van der Waals surface area contributed by atoms with Crippen molar-refractivity contribution in [3.63, 3.8) is 0 Å². The van der Waals surface area contributed by atoms with Crippen LogP contribution >= 0.6 is 15.9 Å². The first-order valence-corrected chi connectivity index (χ1v) is 9.24. The van der Waals surface area contributed by atoms with E-state index in [0.717, 1.165) is 52.0 Å². The van der Waals surface area contributed by atoms with Crippen LogP contribution in [0.1, 0.15) is 41.0 Å². The zero-order valence-electron chi connectivity index (χ0n) is 14.3. The van der Waals surface area contributed by atoms with Gasteiger partial charge >= 0.3 is 6.18 Å². The van der Waals surface area contributed by atoms with Gasteiger partial charge in [0.1, 0.15) is 0 Å². The first-order valence-electron chi connectivity index (χ1n) is 8.45. The minimum atomic E-state index is -4.29. The minimum absolute atomic E-state index is 0.268. The number of fused-ring (bicyclic) bond motifs is 1. The first kappa shape index (κ1) is 18.9. The molecule has 1 aromatic carbocycles. The van der Waals surface area contributed by atoms with Crippen molar-refractivity contribution in [1.82, 2.24) is 14.7 Å². The topological polar surface area (TPSA) is 38.1 Å². The van der Waals surface area contributed by atoms with Crippen molar-refractivity contribution in [1.29, 1.82) is 0 Å². The number of alkyl halides is 3. The predicted molar refractivity (Wildman–Crippen MR) is 95.5 cm³/mol. The van der Waals surface area contributed by atoms with Gasteiger partial charge in [0.25, 0.3) is 5.91 Å². The Morgan fingerprint density at radius 3 is 2.73 bits per heavy atom. The molecule has 0 unspecified atom stereocenters. The third-order valence-corrected chi connectivity index (χ3v) is 5.01. The van der Waals surface area contributed by atoms with Gasteiger partial charge in [0.05, 0.1) is 12.1 Å². The van der Waals surface area contributed by atoms with Gasteiger partial charge in [0, 0.05) is 29.3 Å². The van der Waals surface area contributed by atoms with Gasteiger partial charge < -0.3 is 4.90 Å². The third-order valence-electron chi connectivity index (χ3n) is 4.51. The molecule has 0 bridgehead atoms. The molecule has 0 spiro atoms. The lowest BCUT2D eigenvalue weighted by Gasteiger charge is -2.18. The maximum Gasteiger partial charge on any atom is 0.390 e. The van der Waals surface area contributed by atoms with Gasteiger partial charge in [-0.1, -0.05) is 22.0 Å². The molecule has 3 rings (SSSR count). The van der Waals surface area contributed by atoms with E-state index in [2.05, 4.69) is 21.0 Å². The van der Waals surface area contributed by atoms with Crippen LogP contribution in [0.25, 0.3) is 5.69 Å². The van der Waals surface area contributed by atoms with Crippen LogP contribution in [-0.4, -0.2) is 40.4 Å². The van der Waals surface area contributed by atoms with Crippen LogP contribution < -0.4 is 0 Å². The van der Waals surface area contributed by atoms with Gasteiger partial charge in [-0.05, 0) is 43.9 Å². The molecule has 1 heterocycles. The molecule has 0 saturated carbocycles. The Bertz CT molecular complexity index is 816. The summed E-state index contributed by atoms with van der Waals surface area (Å²) in [7, 11) is 1.39. The maximum atomic E-state index is 12.7. The van der Waals surface area contributed by atoms with Crippen molar-refractivity contribution in [3.8, 4) is 5.69 Å². The average Bonchev–Trinajstić information content (AvgIpc) is 2.98. The van der Waals surface area contributed by atoms with Gasteiger partial charge in [-0.25, -0.2) is 4.68 Å². The zero-order valence-corrected chi connectivity index (χ0v) is 15.9. The van der Waals surface area contributed by atoms with Crippen molar-refractivity contribution in [3.05, 3.63) is 45.7 Å². The molecule has 0 N–H and O–H groups in total. The van der Waals surface area contributed by atoms with Crippen molar-refractivity contribution >= 4 is 21.8 Å². The molecule has 0 aliphatic heterocycles. The third kappa shape index (κ3) is 4.11. The zero-order chi connectivity index (χ0) is 18.9. The number of hydrogen-bond donors (Lipinski definition) is 0. The largest absolute Gasteiger partial charge is 0.390 e. The maximum absolute atomic E-state index is 12.7. The Morgan fingerprint density at radius 1 is 1.31 bits per heavy atom. The number of carbonyl (C=O) groups excluding carboxylic acids is 1. The monoisotopic (exact) mass is 429 g/mol. The quantitative estimate of drug-likeness (QED) is 0.715. The smallest absolute Gasteiger partial charge is 0.340 e. The number of amides is 1. The molecule has 4 nitrogen and oxygen atoms in total. The number of nitrogens with zero attached hydrogens (tertiary/aromatic N) is 3. The molecule has 0 fully saturated rings. The molecule has 1 aliphatic carbocycles. The fourth-order valence-electron chi connectivity index (χ4n) is 3.17. The average molecular weight is 430 g/mol. The van der Waals surface area contributed by atoms with Crippen LogP contribution in [0, 0.1) is 0 Å². The van der Waals surface area contributed by atoms with Crippen molar-refractivity contribution in [2.45, 2.75) is 38.3 Å². The molecular weight excluding hydrogens is 411 g/mol. The number of carbonyl (C=O) groups is 1. The van der Waals surface area contributed by atoms with E-state index in [9.17, 15) is 18.0 Å². The molecule has 8 heteroatoms. The molecule has 0 atom stereocenters. The summed E-state index contributed by atoms with van der Waals surface area (Å²) in [5.41, 5.74) is 2.93. The van der Waals surface area contributed by atoms with E-state index in [0.29, 0.717) is 0 Å². The van der Waals surface area contributed by atoms with Crippen molar-refractivity contribution < 1.29 is 18.0 Å². The molecule has 2 aromatic rings.